The van der Waals surface area contributed by atoms with Crippen LogP contribution in [0.2, 0.25) is 0 Å². The van der Waals surface area contributed by atoms with Gasteiger partial charge in [-0.05, 0) is 26.3 Å². The molecule has 1 saturated heterocycles. The summed E-state index contributed by atoms with van der Waals surface area (Å²) in [6.45, 7) is 4.00. The summed E-state index contributed by atoms with van der Waals surface area (Å²) < 4.78 is 0. The minimum atomic E-state index is 0.349. The fraction of sp³-hybridized carbons (Fsp3) is 0.909. The molecule has 0 spiro atoms. The van der Waals surface area contributed by atoms with Gasteiger partial charge in [0.25, 0.3) is 0 Å². The zero-order valence-corrected chi connectivity index (χ0v) is 9.38. The van der Waals surface area contributed by atoms with Crippen LogP contribution in [0.5, 0.6) is 0 Å². The van der Waals surface area contributed by atoms with Crippen LogP contribution in [0.15, 0.2) is 0 Å². The second-order valence-corrected chi connectivity index (χ2v) is 4.05. The fourth-order valence-electron chi connectivity index (χ4n) is 1.90. The van der Waals surface area contributed by atoms with Gasteiger partial charge >= 0.3 is 0 Å². The molecule has 0 aliphatic carbocycles. The second-order valence-electron chi connectivity index (χ2n) is 4.05. The number of piperidine rings is 1. The van der Waals surface area contributed by atoms with Gasteiger partial charge in [0.05, 0.1) is 0 Å². The van der Waals surface area contributed by atoms with Crippen LogP contribution in [-0.2, 0) is 4.79 Å². The van der Waals surface area contributed by atoms with Crippen molar-refractivity contribution < 1.29 is 4.79 Å². The minimum absolute atomic E-state index is 0.349. The van der Waals surface area contributed by atoms with Crippen LogP contribution in [0.1, 0.15) is 39.0 Å². The van der Waals surface area contributed by atoms with E-state index in [4.69, 9.17) is 0 Å². The Balaban J connectivity index is 2.23. The summed E-state index contributed by atoms with van der Waals surface area (Å²) in [5.74, 6) is 0.349. The monoisotopic (exact) mass is 198 g/mol. The highest BCUT2D eigenvalue weighted by atomic mass is 16.2. The third kappa shape index (κ3) is 3.29. The van der Waals surface area contributed by atoms with Crippen molar-refractivity contribution in [3.05, 3.63) is 0 Å². The molecule has 0 unspecified atom stereocenters. The standard InChI is InChI=1S/C11H22N2O/c1-3-4-5-11(14)13-8-6-10(12-2)7-9-13/h10,12H,3-9H2,1-2H3. The Morgan fingerprint density at radius 1 is 1.43 bits per heavy atom. The molecule has 0 bridgehead atoms. The van der Waals surface area contributed by atoms with Crippen molar-refractivity contribution in [2.45, 2.75) is 45.1 Å². The van der Waals surface area contributed by atoms with E-state index in [9.17, 15) is 4.79 Å². The van der Waals surface area contributed by atoms with Crippen LogP contribution in [0.4, 0.5) is 0 Å². The molecule has 1 fully saturated rings. The summed E-state index contributed by atoms with van der Waals surface area (Å²) in [5, 5.41) is 3.27. The van der Waals surface area contributed by atoms with Crippen LogP contribution in [-0.4, -0.2) is 37.0 Å². The topological polar surface area (TPSA) is 32.3 Å². The summed E-state index contributed by atoms with van der Waals surface area (Å²) in [6, 6.07) is 0.616. The molecule has 1 aliphatic heterocycles. The van der Waals surface area contributed by atoms with E-state index in [0.717, 1.165) is 45.2 Å². The van der Waals surface area contributed by atoms with E-state index in [2.05, 4.69) is 12.2 Å². The Kier molecular flexibility index (Phi) is 4.94. The number of carbonyl (C=O) groups is 1. The van der Waals surface area contributed by atoms with E-state index in [1.165, 1.54) is 0 Å². The fourth-order valence-corrected chi connectivity index (χ4v) is 1.90. The van der Waals surface area contributed by atoms with Crippen molar-refractivity contribution in [3.63, 3.8) is 0 Å². The highest BCUT2D eigenvalue weighted by Gasteiger charge is 2.20. The van der Waals surface area contributed by atoms with Crippen molar-refractivity contribution in [2.24, 2.45) is 0 Å². The maximum absolute atomic E-state index is 11.7. The average Bonchev–Trinajstić information content (AvgIpc) is 2.26. The maximum Gasteiger partial charge on any atom is 0.222 e. The van der Waals surface area contributed by atoms with E-state index >= 15 is 0 Å². The van der Waals surface area contributed by atoms with Crippen LogP contribution in [0.25, 0.3) is 0 Å². The number of nitrogens with one attached hydrogen (secondary N) is 1. The molecule has 1 amide bonds. The number of amides is 1. The van der Waals surface area contributed by atoms with E-state index in [-0.39, 0.29) is 0 Å². The molecule has 3 heteroatoms. The molecule has 14 heavy (non-hydrogen) atoms. The summed E-state index contributed by atoms with van der Waals surface area (Å²) >= 11 is 0. The Hall–Kier alpha value is -0.570. The number of nitrogens with zero attached hydrogens (tertiary/aromatic N) is 1. The molecule has 1 heterocycles. The molecule has 3 nitrogen and oxygen atoms in total. The van der Waals surface area contributed by atoms with Crippen LogP contribution >= 0.6 is 0 Å². The number of likely N-dealkylation sites (tertiary alicyclic amines) is 1. The maximum atomic E-state index is 11.7. The quantitative estimate of drug-likeness (QED) is 0.740. The first-order valence-electron chi connectivity index (χ1n) is 5.73. The summed E-state index contributed by atoms with van der Waals surface area (Å²) in [7, 11) is 2.00. The predicted octanol–water partition coefficient (Wildman–Crippen LogP) is 1.39. The van der Waals surface area contributed by atoms with E-state index in [0.29, 0.717) is 11.9 Å². The molecule has 1 aliphatic rings. The summed E-state index contributed by atoms with van der Waals surface area (Å²) in [5.41, 5.74) is 0. The highest BCUT2D eigenvalue weighted by Crippen LogP contribution is 2.11. The lowest BCUT2D eigenvalue weighted by molar-refractivity contribution is -0.132. The Morgan fingerprint density at radius 2 is 2.07 bits per heavy atom. The lowest BCUT2D eigenvalue weighted by Gasteiger charge is -2.31. The van der Waals surface area contributed by atoms with Gasteiger partial charge in [0.2, 0.25) is 5.91 Å². The van der Waals surface area contributed by atoms with E-state index < -0.39 is 0 Å². The van der Waals surface area contributed by atoms with Crippen molar-refractivity contribution in [1.82, 2.24) is 10.2 Å². The van der Waals surface area contributed by atoms with Gasteiger partial charge in [-0.15, -0.1) is 0 Å². The number of unbranched alkanes of at least 4 members (excludes halogenated alkanes) is 1. The predicted molar refractivity (Wildman–Crippen MR) is 58.2 cm³/mol. The van der Waals surface area contributed by atoms with Gasteiger partial charge in [0.1, 0.15) is 0 Å². The Bertz CT molecular complexity index is 174. The van der Waals surface area contributed by atoms with Gasteiger partial charge < -0.3 is 10.2 Å². The second kappa shape index (κ2) is 6.02. The Morgan fingerprint density at radius 3 is 2.57 bits per heavy atom. The summed E-state index contributed by atoms with van der Waals surface area (Å²) in [4.78, 5) is 13.7. The summed E-state index contributed by atoms with van der Waals surface area (Å²) in [6.07, 6.45) is 5.09. The number of hydrogen-bond donors (Lipinski definition) is 1. The smallest absolute Gasteiger partial charge is 0.222 e. The van der Waals surface area contributed by atoms with Crippen LogP contribution in [0.3, 0.4) is 0 Å². The highest BCUT2D eigenvalue weighted by molar-refractivity contribution is 5.76. The normalized spacial score (nSPS) is 18.6. The minimum Gasteiger partial charge on any atom is -0.343 e. The Labute approximate surface area is 86.9 Å². The van der Waals surface area contributed by atoms with Crippen LogP contribution < -0.4 is 5.32 Å². The number of carbonyl (C=O) groups excluding carboxylic acids is 1. The van der Waals surface area contributed by atoms with Crippen molar-refractivity contribution in [2.75, 3.05) is 20.1 Å². The third-order valence-corrected chi connectivity index (χ3v) is 3.00. The molecule has 1 N–H and O–H groups in total. The largest absolute Gasteiger partial charge is 0.343 e. The third-order valence-electron chi connectivity index (χ3n) is 3.00. The molecule has 0 radical (unpaired) electrons. The molecule has 0 aromatic heterocycles. The van der Waals surface area contributed by atoms with E-state index in [1.807, 2.05) is 11.9 Å². The van der Waals surface area contributed by atoms with E-state index in [1.54, 1.807) is 0 Å². The first-order chi connectivity index (χ1) is 6.77. The van der Waals surface area contributed by atoms with Crippen molar-refractivity contribution >= 4 is 5.91 Å². The number of hydrogen-bond acceptors (Lipinski definition) is 2. The molecule has 0 aromatic rings. The first kappa shape index (κ1) is 11.5. The average molecular weight is 198 g/mol. The zero-order chi connectivity index (χ0) is 10.4. The van der Waals surface area contributed by atoms with Gasteiger partial charge in [0.15, 0.2) is 0 Å². The van der Waals surface area contributed by atoms with Crippen molar-refractivity contribution in [1.29, 1.82) is 0 Å². The van der Waals surface area contributed by atoms with Gasteiger partial charge in [-0.3, -0.25) is 4.79 Å². The van der Waals surface area contributed by atoms with Gasteiger partial charge in [-0.25, -0.2) is 0 Å². The first-order valence-corrected chi connectivity index (χ1v) is 5.73. The lowest BCUT2D eigenvalue weighted by Crippen LogP contribution is -2.43. The molecule has 0 aromatic carbocycles. The number of rotatable bonds is 4. The zero-order valence-electron chi connectivity index (χ0n) is 9.38. The lowest BCUT2D eigenvalue weighted by atomic mass is 10.0. The van der Waals surface area contributed by atoms with Crippen molar-refractivity contribution in [3.8, 4) is 0 Å². The molecule has 0 atom stereocenters. The van der Waals surface area contributed by atoms with Gasteiger partial charge in [-0.1, -0.05) is 13.3 Å². The van der Waals surface area contributed by atoms with Crippen LogP contribution in [0, 0.1) is 0 Å². The molecular weight excluding hydrogens is 176 g/mol. The van der Waals surface area contributed by atoms with Gasteiger partial charge in [0, 0.05) is 25.6 Å². The molecule has 1 rings (SSSR count). The van der Waals surface area contributed by atoms with Gasteiger partial charge in [-0.2, -0.15) is 0 Å². The molecule has 0 saturated carbocycles. The molecular formula is C11H22N2O. The molecule has 82 valence electrons. The SMILES string of the molecule is CCCCC(=O)N1CCC(NC)CC1.